The Bertz CT molecular complexity index is 1310. The lowest BCUT2D eigenvalue weighted by molar-refractivity contribution is 0.313. The van der Waals surface area contributed by atoms with Gasteiger partial charge in [-0.3, -0.25) is 4.79 Å². The third kappa shape index (κ3) is 3.30. The van der Waals surface area contributed by atoms with Crippen LogP contribution in [0.4, 0.5) is 11.4 Å². The van der Waals surface area contributed by atoms with E-state index in [-0.39, 0.29) is 5.56 Å². The van der Waals surface area contributed by atoms with Crippen molar-refractivity contribution in [2.45, 2.75) is 25.3 Å². The summed E-state index contributed by atoms with van der Waals surface area (Å²) in [5, 5.41) is 6.73. The number of thiophene rings is 1. The van der Waals surface area contributed by atoms with Crippen molar-refractivity contribution in [2.24, 2.45) is 0 Å². The van der Waals surface area contributed by atoms with Crippen LogP contribution in [-0.4, -0.2) is 59.1 Å². The molecule has 1 aromatic carbocycles. The van der Waals surface area contributed by atoms with Crippen molar-refractivity contribution in [1.82, 2.24) is 19.9 Å². The van der Waals surface area contributed by atoms with Crippen molar-refractivity contribution in [3.05, 3.63) is 40.0 Å². The summed E-state index contributed by atoms with van der Waals surface area (Å²) in [6, 6.07) is 8.86. The third-order valence-corrected chi connectivity index (χ3v) is 7.49. The second-order valence-corrected chi connectivity index (χ2v) is 9.63. The molecule has 7 nitrogen and oxygen atoms in total. The fraction of sp³-hybridized carbons (Fsp3) is 0.391. The predicted octanol–water partition coefficient (Wildman–Crippen LogP) is 3.85. The molecule has 1 aliphatic carbocycles. The van der Waals surface area contributed by atoms with E-state index in [1.807, 2.05) is 5.38 Å². The zero-order valence-electron chi connectivity index (χ0n) is 17.6. The van der Waals surface area contributed by atoms with Crippen molar-refractivity contribution in [3.8, 4) is 11.4 Å². The molecule has 3 aromatic heterocycles. The maximum atomic E-state index is 13.1. The van der Waals surface area contributed by atoms with Gasteiger partial charge in [0.05, 0.1) is 16.7 Å². The van der Waals surface area contributed by atoms with Gasteiger partial charge in [-0.05, 0) is 56.0 Å². The Hall–Kier alpha value is -2.84. The molecule has 4 heterocycles. The molecule has 1 aliphatic heterocycles. The molecule has 0 bridgehead atoms. The predicted molar refractivity (Wildman–Crippen MR) is 129 cm³/mol. The van der Waals surface area contributed by atoms with E-state index in [9.17, 15) is 4.79 Å². The van der Waals surface area contributed by atoms with Gasteiger partial charge in [-0.2, -0.15) is 0 Å². The van der Waals surface area contributed by atoms with Gasteiger partial charge in [0.25, 0.3) is 5.56 Å². The molecule has 3 N–H and O–H groups in total. The Morgan fingerprint density at radius 3 is 2.74 bits per heavy atom. The van der Waals surface area contributed by atoms with E-state index in [1.54, 1.807) is 11.3 Å². The lowest BCUT2D eigenvalue weighted by Gasteiger charge is -2.34. The lowest BCUT2D eigenvalue weighted by Crippen LogP contribution is -2.44. The number of hydrogen-bond acceptors (Lipinski definition) is 6. The molecule has 31 heavy (non-hydrogen) atoms. The number of aromatic nitrogens is 3. The Balaban J connectivity index is 1.43. The van der Waals surface area contributed by atoms with Gasteiger partial charge in [-0.25, -0.2) is 4.98 Å². The highest BCUT2D eigenvalue weighted by atomic mass is 32.1. The highest BCUT2D eigenvalue weighted by Crippen LogP contribution is 2.36. The van der Waals surface area contributed by atoms with Crippen LogP contribution in [0, 0.1) is 0 Å². The Kier molecular flexibility index (Phi) is 4.50. The first-order chi connectivity index (χ1) is 15.2. The highest BCUT2D eigenvalue weighted by molar-refractivity contribution is 7.16. The van der Waals surface area contributed by atoms with Crippen molar-refractivity contribution in [2.75, 3.05) is 43.4 Å². The quantitative estimate of drug-likeness (QED) is 0.455. The second kappa shape index (κ2) is 7.39. The summed E-state index contributed by atoms with van der Waals surface area (Å²) in [6.07, 6.45) is 3.53. The number of pyridine rings is 1. The number of fused-ring (bicyclic) bond motifs is 2. The van der Waals surface area contributed by atoms with Gasteiger partial charge in [-0.15, -0.1) is 11.3 Å². The third-order valence-electron chi connectivity index (χ3n) is 6.66. The number of nitrogens with zero attached hydrogens (tertiary/aromatic N) is 3. The molecule has 160 valence electrons. The van der Waals surface area contributed by atoms with E-state index in [0.29, 0.717) is 17.4 Å². The van der Waals surface area contributed by atoms with E-state index in [4.69, 9.17) is 4.98 Å². The van der Waals surface area contributed by atoms with Crippen LogP contribution >= 0.6 is 11.3 Å². The first kappa shape index (κ1) is 18.9. The average molecular weight is 435 g/mol. The normalized spacial score (nSPS) is 18.0. The van der Waals surface area contributed by atoms with Crippen molar-refractivity contribution in [1.29, 1.82) is 0 Å². The van der Waals surface area contributed by atoms with Crippen LogP contribution in [0.25, 0.3) is 32.6 Å². The Morgan fingerprint density at radius 2 is 1.97 bits per heavy atom. The summed E-state index contributed by atoms with van der Waals surface area (Å²) in [6.45, 7) is 4.18. The molecule has 0 amide bonds. The smallest absolute Gasteiger partial charge is 0.262 e. The molecule has 0 radical (unpaired) electrons. The zero-order chi connectivity index (χ0) is 20.9. The lowest BCUT2D eigenvalue weighted by atomic mass is 9.92. The zero-order valence-corrected chi connectivity index (χ0v) is 18.4. The van der Waals surface area contributed by atoms with Crippen LogP contribution < -0.4 is 15.8 Å². The molecule has 2 aliphatic rings. The number of rotatable bonds is 4. The number of anilines is 2. The number of H-pyrrole nitrogens is 2. The van der Waals surface area contributed by atoms with Crippen LogP contribution in [0.3, 0.4) is 0 Å². The first-order valence-electron chi connectivity index (χ1n) is 11.0. The first-order valence-corrected chi connectivity index (χ1v) is 11.9. The molecule has 1 saturated carbocycles. The summed E-state index contributed by atoms with van der Waals surface area (Å²) in [5.74, 6) is 0.627. The number of hydrogen-bond donors (Lipinski definition) is 3. The monoisotopic (exact) mass is 434 g/mol. The largest absolute Gasteiger partial charge is 0.381 e. The summed E-state index contributed by atoms with van der Waals surface area (Å²) in [4.78, 5) is 30.1. The highest BCUT2D eigenvalue weighted by Gasteiger charge is 2.24. The Labute approximate surface area is 184 Å². The number of likely N-dealkylation sites (N-methyl/N-ethyl adjacent to an activating group) is 1. The number of benzene rings is 1. The minimum Gasteiger partial charge on any atom is -0.381 e. The summed E-state index contributed by atoms with van der Waals surface area (Å²) in [5.41, 5.74) is 4.46. The van der Waals surface area contributed by atoms with Crippen LogP contribution in [0.5, 0.6) is 0 Å². The number of aromatic amines is 2. The van der Waals surface area contributed by atoms with Gasteiger partial charge in [0, 0.05) is 43.3 Å². The van der Waals surface area contributed by atoms with Crippen molar-refractivity contribution in [3.63, 3.8) is 0 Å². The van der Waals surface area contributed by atoms with E-state index >= 15 is 0 Å². The van der Waals surface area contributed by atoms with Gasteiger partial charge >= 0.3 is 0 Å². The van der Waals surface area contributed by atoms with Crippen LogP contribution in [-0.2, 0) is 0 Å². The second-order valence-electron chi connectivity index (χ2n) is 8.72. The number of nitrogens with one attached hydrogen (secondary N) is 3. The molecule has 0 atom stereocenters. The van der Waals surface area contributed by atoms with E-state index in [2.05, 4.69) is 56.4 Å². The molecule has 0 unspecified atom stereocenters. The maximum absolute atomic E-state index is 13.1. The van der Waals surface area contributed by atoms with Crippen molar-refractivity contribution < 1.29 is 0 Å². The summed E-state index contributed by atoms with van der Waals surface area (Å²) < 4.78 is 0. The van der Waals surface area contributed by atoms with Gasteiger partial charge in [-0.1, -0.05) is 0 Å². The molecule has 0 spiro atoms. The van der Waals surface area contributed by atoms with Gasteiger partial charge < -0.3 is 25.1 Å². The minimum atomic E-state index is -0.102. The van der Waals surface area contributed by atoms with Gasteiger partial charge in [0.15, 0.2) is 0 Å². The molecule has 1 saturated heterocycles. The molecular formula is C23H26N6OS. The fourth-order valence-corrected chi connectivity index (χ4v) is 5.32. The number of piperazine rings is 1. The van der Waals surface area contributed by atoms with Crippen LogP contribution in [0.1, 0.15) is 19.3 Å². The van der Waals surface area contributed by atoms with E-state index in [1.165, 1.54) is 12.1 Å². The van der Waals surface area contributed by atoms with Crippen molar-refractivity contribution >= 4 is 44.0 Å². The number of imidazole rings is 1. The molecule has 6 rings (SSSR count). The summed E-state index contributed by atoms with van der Waals surface area (Å²) >= 11 is 1.56. The van der Waals surface area contributed by atoms with E-state index < -0.39 is 0 Å². The van der Waals surface area contributed by atoms with Crippen LogP contribution in [0.2, 0.25) is 0 Å². The van der Waals surface area contributed by atoms with E-state index in [0.717, 1.165) is 66.0 Å². The minimum absolute atomic E-state index is 0.102. The standard InChI is InChI=1S/C23H26N6OS/c1-28-8-10-29(11-9-28)15-5-6-17-18(13-15)26-21(25-17)19-20(24-14-3-2-4-14)16-7-12-31-23(16)27-22(19)30/h5-7,12-14H,2-4,8-11H2,1H3,(H,25,26)(H2,24,27,30). The Morgan fingerprint density at radius 1 is 1.13 bits per heavy atom. The molecule has 4 aromatic rings. The SMILES string of the molecule is CN1CCN(c2ccc3nc(-c4c(NC5CCC5)c5ccsc5[nH]c4=O)[nH]c3c2)CC1. The topological polar surface area (TPSA) is 80.0 Å². The molecular weight excluding hydrogens is 408 g/mol. The maximum Gasteiger partial charge on any atom is 0.262 e. The molecule has 2 fully saturated rings. The molecule has 8 heteroatoms. The fourth-order valence-electron chi connectivity index (χ4n) is 4.53. The van der Waals surface area contributed by atoms with Gasteiger partial charge in [0.1, 0.15) is 16.2 Å². The van der Waals surface area contributed by atoms with Gasteiger partial charge in [0.2, 0.25) is 0 Å². The summed E-state index contributed by atoms with van der Waals surface area (Å²) in [7, 11) is 2.17. The average Bonchev–Trinajstić information content (AvgIpc) is 3.36. The van der Waals surface area contributed by atoms with Crippen LogP contribution in [0.15, 0.2) is 34.4 Å².